The highest BCUT2D eigenvalue weighted by Crippen LogP contribution is 2.11. The minimum atomic E-state index is -0.269. The highest BCUT2D eigenvalue weighted by Gasteiger charge is 2.08. The molecule has 0 radical (unpaired) electrons. The molecule has 0 saturated carbocycles. The van der Waals surface area contributed by atoms with Crippen LogP contribution >= 0.6 is 0 Å². The Balaban J connectivity index is 1.51. The zero-order valence-electron chi connectivity index (χ0n) is 14.3. The van der Waals surface area contributed by atoms with Crippen LogP contribution in [0.2, 0.25) is 0 Å². The lowest BCUT2D eigenvalue weighted by Gasteiger charge is -2.07. The SMILES string of the molecule is COc1ccc(CNC(=O)c2cnc(NCc3ccncc3)cn2)cc1. The monoisotopic (exact) mass is 349 g/mol. The van der Waals surface area contributed by atoms with Crippen molar-refractivity contribution in [1.82, 2.24) is 20.3 Å². The van der Waals surface area contributed by atoms with Crippen LogP contribution in [0.3, 0.4) is 0 Å². The first-order valence-corrected chi connectivity index (χ1v) is 8.10. The van der Waals surface area contributed by atoms with Crippen LogP contribution in [0.15, 0.2) is 61.2 Å². The van der Waals surface area contributed by atoms with Crippen LogP contribution in [-0.4, -0.2) is 28.0 Å². The minimum Gasteiger partial charge on any atom is -0.497 e. The summed E-state index contributed by atoms with van der Waals surface area (Å²) < 4.78 is 5.11. The number of amides is 1. The van der Waals surface area contributed by atoms with Gasteiger partial charge in [-0.3, -0.25) is 9.78 Å². The van der Waals surface area contributed by atoms with E-state index in [4.69, 9.17) is 4.74 Å². The summed E-state index contributed by atoms with van der Waals surface area (Å²) >= 11 is 0. The van der Waals surface area contributed by atoms with Gasteiger partial charge >= 0.3 is 0 Å². The van der Waals surface area contributed by atoms with E-state index in [9.17, 15) is 4.79 Å². The number of nitrogens with zero attached hydrogens (tertiary/aromatic N) is 3. The standard InChI is InChI=1S/C19H19N5O2/c1-26-16-4-2-14(3-5-16)11-24-19(25)17-12-23-18(13-21-17)22-10-15-6-8-20-9-7-15/h2-9,12-13H,10-11H2,1H3,(H,22,23)(H,24,25). The van der Waals surface area contributed by atoms with Crippen LogP contribution in [0, 0.1) is 0 Å². The summed E-state index contributed by atoms with van der Waals surface area (Å²) in [4.78, 5) is 24.5. The van der Waals surface area contributed by atoms with Crippen molar-refractivity contribution < 1.29 is 9.53 Å². The maximum absolute atomic E-state index is 12.2. The van der Waals surface area contributed by atoms with Crippen molar-refractivity contribution >= 4 is 11.7 Å². The van der Waals surface area contributed by atoms with Gasteiger partial charge in [0.2, 0.25) is 0 Å². The molecule has 132 valence electrons. The summed E-state index contributed by atoms with van der Waals surface area (Å²) in [5.41, 5.74) is 2.33. The zero-order chi connectivity index (χ0) is 18.2. The number of benzene rings is 1. The van der Waals surface area contributed by atoms with Crippen molar-refractivity contribution in [2.45, 2.75) is 13.1 Å². The van der Waals surface area contributed by atoms with Gasteiger partial charge in [-0.05, 0) is 35.4 Å². The fraction of sp³-hybridized carbons (Fsp3) is 0.158. The minimum absolute atomic E-state index is 0.269. The van der Waals surface area contributed by atoms with E-state index in [1.54, 1.807) is 25.7 Å². The number of anilines is 1. The largest absolute Gasteiger partial charge is 0.497 e. The Morgan fingerprint density at radius 2 is 1.69 bits per heavy atom. The van der Waals surface area contributed by atoms with Crippen molar-refractivity contribution in [2.24, 2.45) is 0 Å². The number of hydrogen-bond acceptors (Lipinski definition) is 6. The molecule has 7 nitrogen and oxygen atoms in total. The van der Waals surface area contributed by atoms with Gasteiger partial charge in [-0.1, -0.05) is 12.1 Å². The molecule has 3 rings (SSSR count). The quantitative estimate of drug-likeness (QED) is 0.681. The molecule has 26 heavy (non-hydrogen) atoms. The molecule has 0 aliphatic rings. The molecule has 2 heterocycles. The van der Waals surface area contributed by atoms with E-state index in [2.05, 4.69) is 25.6 Å². The first-order chi connectivity index (χ1) is 12.7. The fourth-order valence-corrected chi connectivity index (χ4v) is 2.25. The molecular formula is C19H19N5O2. The van der Waals surface area contributed by atoms with E-state index in [1.165, 1.54) is 6.20 Å². The van der Waals surface area contributed by atoms with E-state index in [-0.39, 0.29) is 11.6 Å². The summed E-state index contributed by atoms with van der Waals surface area (Å²) in [5, 5.41) is 5.97. The lowest BCUT2D eigenvalue weighted by Crippen LogP contribution is -2.24. The second-order valence-corrected chi connectivity index (χ2v) is 5.53. The van der Waals surface area contributed by atoms with Gasteiger partial charge in [0, 0.05) is 25.5 Å². The molecule has 0 fully saturated rings. The van der Waals surface area contributed by atoms with Crippen LogP contribution in [0.4, 0.5) is 5.82 Å². The molecule has 2 aromatic heterocycles. The second kappa shape index (κ2) is 8.57. The van der Waals surface area contributed by atoms with Crippen LogP contribution in [-0.2, 0) is 13.1 Å². The van der Waals surface area contributed by atoms with Crippen LogP contribution in [0.5, 0.6) is 5.75 Å². The predicted octanol–water partition coefficient (Wildman–Crippen LogP) is 2.42. The number of methoxy groups -OCH3 is 1. The molecule has 1 aromatic carbocycles. The molecule has 3 aromatic rings. The van der Waals surface area contributed by atoms with Gasteiger partial charge < -0.3 is 15.4 Å². The zero-order valence-corrected chi connectivity index (χ0v) is 14.3. The van der Waals surface area contributed by atoms with Crippen LogP contribution < -0.4 is 15.4 Å². The van der Waals surface area contributed by atoms with E-state index in [0.717, 1.165) is 16.9 Å². The van der Waals surface area contributed by atoms with Gasteiger partial charge in [0.25, 0.3) is 5.91 Å². The normalized spacial score (nSPS) is 10.2. The summed E-state index contributed by atoms with van der Waals surface area (Å²) in [6, 6.07) is 11.3. The third-order valence-electron chi connectivity index (χ3n) is 3.72. The van der Waals surface area contributed by atoms with Crippen molar-refractivity contribution in [3.63, 3.8) is 0 Å². The average Bonchev–Trinajstić information content (AvgIpc) is 2.72. The van der Waals surface area contributed by atoms with Gasteiger partial charge in [-0.2, -0.15) is 0 Å². The number of hydrogen-bond donors (Lipinski definition) is 2. The third kappa shape index (κ3) is 4.76. The number of ether oxygens (including phenoxy) is 1. The molecule has 0 spiro atoms. The van der Waals surface area contributed by atoms with Gasteiger partial charge in [0.1, 0.15) is 17.3 Å². The molecule has 0 aliphatic heterocycles. The summed E-state index contributed by atoms with van der Waals surface area (Å²) in [5.74, 6) is 1.11. The first-order valence-electron chi connectivity index (χ1n) is 8.10. The predicted molar refractivity (Wildman–Crippen MR) is 97.8 cm³/mol. The second-order valence-electron chi connectivity index (χ2n) is 5.53. The molecule has 1 amide bonds. The molecule has 0 aliphatic carbocycles. The Bertz CT molecular complexity index is 836. The van der Waals surface area contributed by atoms with E-state index >= 15 is 0 Å². The number of pyridine rings is 1. The maximum atomic E-state index is 12.2. The van der Waals surface area contributed by atoms with Crippen LogP contribution in [0.1, 0.15) is 21.6 Å². The van der Waals surface area contributed by atoms with E-state index in [0.29, 0.717) is 18.9 Å². The van der Waals surface area contributed by atoms with Gasteiger partial charge in [-0.25, -0.2) is 9.97 Å². The summed E-state index contributed by atoms with van der Waals surface area (Å²) in [6.45, 7) is 1.02. The van der Waals surface area contributed by atoms with Gasteiger partial charge in [0.05, 0.1) is 19.5 Å². The Labute approximate surface area is 151 Å². The topological polar surface area (TPSA) is 89.0 Å². The third-order valence-corrected chi connectivity index (χ3v) is 3.72. The number of nitrogens with one attached hydrogen (secondary N) is 2. The number of aromatic nitrogens is 3. The first kappa shape index (κ1) is 17.3. The maximum Gasteiger partial charge on any atom is 0.271 e. The van der Waals surface area contributed by atoms with Gasteiger partial charge in [-0.15, -0.1) is 0 Å². The average molecular weight is 349 g/mol. The molecule has 0 unspecified atom stereocenters. The molecule has 0 saturated heterocycles. The van der Waals surface area contributed by atoms with Crippen LogP contribution in [0.25, 0.3) is 0 Å². The molecular weight excluding hydrogens is 330 g/mol. The number of rotatable bonds is 7. The van der Waals surface area contributed by atoms with E-state index < -0.39 is 0 Å². The lowest BCUT2D eigenvalue weighted by molar-refractivity contribution is 0.0945. The van der Waals surface area contributed by atoms with Crippen molar-refractivity contribution in [3.05, 3.63) is 78.0 Å². The van der Waals surface area contributed by atoms with E-state index in [1.807, 2.05) is 36.4 Å². The Kier molecular flexibility index (Phi) is 5.72. The Morgan fingerprint density at radius 3 is 2.35 bits per heavy atom. The summed E-state index contributed by atoms with van der Waals surface area (Å²) in [7, 11) is 1.62. The fourth-order valence-electron chi connectivity index (χ4n) is 2.25. The van der Waals surface area contributed by atoms with Crippen molar-refractivity contribution in [1.29, 1.82) is 0 Å². The highest BCUT2D eigenvalue weighted by atomic mass is 16.5. The van der Waals surface area contributed by atoms with Crippen molar-refractivity contribution in [2.75, 3.05) is 12.4 Å². The molecule has 0 atom stereocenters. The Morgan fingerprint density at radius 1 is 0.962 bits per heavy atom. The summed E-state index contributed by atoms with van der Waals surface area (Å²) in [6.07, 6.45) is 6.47. The number of carbonyl (C=O) groups excluding carboxylic acids is 1. The molecule has 2 N–H and O–H groups in total. The smallest absolute Gasteiger partial charge is 0.271 e. The Hall–Kier alpha value is -3.48. The number of carbonyl (C=O) groups is 1. The highest BCUT2D eigenvalue weighted by molar-refractivity contribution is 5.91. The molecule has 7 heteroatoms. The molecule has 0 bridgehead atoms. The lowest BCUT2D eigenvalue weighted by atomic mass is 10.2. The van der Waals surface area contributed by atoms with Crippen molar-refractivity contribution in [3.8, 4) is 5.75 Å². The van der Waals surface area contributed by atoms with Gasteiger partial charge in [0.15, 0.2) is 0 Å².